The summed E-state index contributed by atoms with van der Waals surface area (Å²) in [6.07, 6.45) is 0.254. The zero-order valence-corrected chi connectivity index (χ0v) is 16.4. The number of hydrogen-bond acceptors (Lipinski definition) is 5. The van der Waals surface area contributed by atoms with Gasteiger partial charge in [0.25, 0.3) is 5.91 Å². The molecule has 2 amide bonds. The topological polar surface area (TPSA) is 77.1 Å². The van der Waals surface area contributed by atoms with E-state index >= 15 is 0 Å². The minimum atomic E-state index is -0.303. The third kappa shape index (κ3) is 3.88. The Hall–Kier alpha value is -3.22. The molecule has 1 N–H and O–H groups in total. The fourth-order valence-corrected chi connectivity index (χ4v) is 3.26. The Balaban J connectivity index is 1.75. The Bertz CT molecular complexity index is 854. The first kappa shape index (κ1) is 19.5. The lowest BCUT2D eigenvalue weighted by atomic mass is 10.1. The molecule has 0 saturated carbocycles. The van der Waals surface area contributed by atoms with Crippen LogP contribution in [0.3, 0.4) is 0 Å². The molecule has 28 heavy (non-hydrogen) atoms. The van der Waals surface area contributed by atoms with Crippen molar-refractivity contribution in [3.05, 3.63) is 47.5 Å². The van der Waals surface area contributed by atoms with E-state index in [2.05, 4.69) is 5.32 Å². The Morgan fingerprint density at radius 3 is 2.18 bits per heavy atom. The summed E-state index contributed by atoms with van der Waals surface area (Å²) in [6.45, 7) is 2.42. The summed E-state index contributed by atoms with van der Waals surface area (Å²) in [5.41, 5.74) is 2.33. The van der Waals surface area contributed by atoms with E-state index in [1.165, 1.54) is 21.3 Å². The molecule has 7 nitrogen and oxygen atoms in total. The van der Waals surface area contributed by atoms with Crippen molar-refractivity contribution in [2.24, 2.45) is 0 Å². The van der Waals surface area contributed by atoms with Crippen molar-refractivity contribution in [1.29, 1.82) is 0 Å². The fourth-order valence-electron chi connectivity index (χ4n) is 3.26. The molecule has 1 unspecified atom stereocenters. The van der Waals surface area contributed by atoms with E-state index in [1.54, 1.807) is 17.0 Å². The number of hydrogen-bond donors (Lipinski definition) is 1. The van der Waals surface area contributed by atoms with Crippen LogP contribution in [-0.4, -0.2) is 45.7 Å². The molecule has 1 heterocycles. The van der Waals surface area contributed by atoms with Gasteiger partial charge in [0, 0.05) is 24.2 Å². The zero-order chi connectivity index (χ0) is 20.3. The van der Waals surface area contributed by atoms with Crippen LogP contribution in [0.15, 0.2) is 36.4 Å². The highest BCUT2D eigenvalue weighted by Gasteiger charge is 2.32. The van der Waals surface area contributed by atoms with E-state index in [0.29, 0.717) is 29.4 Å². The summed E-state index contributed by atoms with van der Waals surface area (Å²) in [6, 6.07) is 10.7. The van der Waals surface area contributed by atoms with Crippen molar-refractivity contribution < 1.29 is 23.8 Å². The maximum Gasteiger partial charge on any atom is 0.251 e. The number of carbonyl (C=O) groups excluding carboxylic acids is 2. The van der Waals surface area contributed by atoms with Crippen LogP contribution in [0, 0.1) is 6.92 Å². The molecule has 0 radical (unpaired) electrons. The smallest absolute Gasteiger partial charge is 0.251 e. The van der Waals surface area contributed by atoms with Crippen molar-refractivity contribution in [1.82, 2.24) is 5.32 Å². The van der Waals surface area contributed by atoms with E-state index < -0.39 is 0 Å². The van der Waals surface area contributed by atoms with Crippen LogP contribution in [0.2, 0.25) is 0 Å². The molecular weight excluding hydrogens is 360 g/mol. The maximum atomic E-state index is 12.7. The summed E-state index contributed by atoms with van der Waals surface area (Å²) in [5, 5.41) is 2.92. The van der Waals surface area contributed by atoms with Crippen LogP contribution < -0.4 is 24.4 Å². The van der Waals surface area contributed by atoms with Crippen molar-refractivity contribution in [3.8, 4) is 17.2 Å². The first-order valence-electron chi connectivity index (χ1n) is 8.94. The van der Waals surface area contributed by atoms with Gasteiger partial charge in [0.15, 0.2) is 11.5 Å². The first-order valence-corrected chi connectivity index (χ1v) is 8.94. The first-order chi connectivity index (χ1) is 13.5. The highest BCUT2D eigenvalue weighted by Crippen LogP contribution is 2.38. The lowest BCUT2D eigenvalue weighted by molar-refractivity contribution is -0.117. The van der Waals surface area contributed by atoms with Gasteiger partial charge in [-0.3, -0.25) is 9.59 Å². The molecule has 0 bridgehead atoms. The molecule has 0 aromatic heterocycles. The summed E-state index contributed by atoms with van der Waals surface area (Å²) in [4.78, 5) is 26.8. The van der Waals surface area contributed by atoms with Gasteiger partial charge in [0.2, 0.25) is 11.7 Å². The number of rotatable bonds is 6. The number of aryl methyl sites for hydroxylation is 1. The van der Waals surface area contributed by atoms with Gasteiger partial charge in [-0.1, -0.05) is 17.7 Å². The average Bonchev–Trinajstić information content (AvgIpc) is 3.07. The lowest BCUT2D eigenvalue weighted by Crippen LogP contribution is -2.37. The number of amides is 2. The van der Waals surface area contributed by atoms with Crippen LogP contribution in [0.5, 0.6) is 17.2 Å². The van der Waals surface area contributed by atoms with E-state index in [1.807, 2.05) is 31.2 Å². The molecule has 3 rings (SSSR count). The summed E-state index contributed by atoms with van der Waals surface area (Å²) in [7, 11) is 4.49. The third-order valence-corrected chi connectivity index (χ3v) is 4.73. The van der Waals surface area contributed by atoms with Gasteiger partial charge in [0.05, 0.1) is 27.4 Å². The second kappa shape index (κ2) is 8.21. The molecule has 2 aromatic carbocycles. The van der Waals surface area contributed by atoms with Crippen molar-refractivity contribution >= 4 is 17.5 Å². The van der Waals surface area contributed by atoms with Gasteiger partial charge in [0.1, 0.15) is 0 Å². The van der Waals surface area contributed by atoms with Crippen LogP contribution in [-0.2, 0) is 4.79 Å². The Morgan fingerprint density at radius 1 is 1.04 bits per heavy atom. The molecule has 1 aliphatic heterocycles. The minimum Gasteiger partial charge on any atom is -0.493 e. The monoisotopic (exact) mass is 384 g/mol. The second-order valence-electron chi connectivity index (χ2n) is 6.63. The van der Waals surface area contributed by atoms with Crippen LogP contribution >= 0.6 is 0 Å². The van der Waals surface area contributed by atoms with E-state index in [4.69, 9.17) is 14.2 Å². The average molecular weight is 384 g/mol. The van der Waals surface area contributed by atoms with Gasteiger partial charge in [-0.05, 0) is 31.2 Å². The Labute approximate surface area is 164 Å². The van der Waals surface area contributed by atoms with Gasteiger partial charge >= 0.3 is 0 Å². The second-order valence-corrected chi connectivity index (χ2v) is 6.63. The molecular formula is C21H24N2O5. The molecule has 1 fully saturated rings. The normalized spacial score (nSPS) is 16.1. The third-order valence-electron chi connectivity index (χ3n) is 4.73. The van der Waals surface area contributed by atoms with Crippen LogP contribution in [0.25, 0.3) is 0 Å². The summed E-state index contributed by atoms with van der Waals surface area (Å²) in [5.74, 6) is 0.900. The van der Waals surface area contributed by atoms with Gasteiger partial charge in [-0.2, -0.15) is 0 Å². The number of benzene rings is 2. The zero-order valence-electron chi connectivity index (χ0n) is 16.4. The summed E-state index contributed by atoms with van der Waals surface area (Å²) < 4.78 is 15.9. The SMILES string of the molecule is COc1cc(C(=O)NC2CC(=O)N(c3ccc(C)cc3)C2)cc(OC)c1OC. The standard InChI is InChI=1S/C21H24N2O5/c1-13-5-7-16(8-6-13)23-12-15(11-19(23)24)22-21(25)14-9-17(26-2)20(28-4)18(10-14)27-3/h5-10,15H,11-12H2,1-4H3,(H,22,25). The highest BCUT2D eigenvalue weighted by atomic mass is 16.5. The van der Waals surface area contributed by atoms with Crippen LogP contribution in [0.1, 0.15) is 22.3 Å². The van der Waals surface area contributed by atoms with Gasteiger partial charge < -0.3 is 24.4 Å². The largest absolute Gasteiger partial charge is 0.493 e. The molecule has 1 saturated heterocycles. The van der Waals surface area contributed by atoms with Gasteiger partial charge in [-0.15, -0.1) is 0 Å². The van der Waals surface area contributed by atoms with E-state index in [0.717, 1.165) is 11.3 Å². The molecule has 2 aromatic rings. The van der Waals surface area contributed by atoms with E-state index in [-0.39, 0.29) is 24.3 Å². The van der Waals surface area contributed by atoms with Crippen molar-refractivity contribution in [2.45, 2.75) is 19.4 Å². The summed E-state index contributed by atoms with van der Waals surface area (Å²) >= 11 is 0. The van der Waals surface area contributed by atoms with Gasteiger partial charge in [-0.25, -0.2) is 0 Å². The molecule has 148 valence electrons. The molecule has 0 spiro atoms. The van der Waals surface area contributed by atoms with E-state index in [9.17, 15) is 9.59 Å². The molecule has 7 heteroatoms. The quantitative estimate of drug-likeness (QED) is 0.828. The number of anilines is 1. The predicted octanol–water partition coefficient (Wildman–Crippen LogP) is 2.56. The van der Waals surface area contributed by atoms with Crippen molar-refractivity contribution in [2.75, 3.05) is 32.8 Å². The van der Waals surface area contributed by atoms with Crippen LogP contribution in [0.4, 0.5) is 5.69 Å². The van der Waals surface area contributed by atoms with Crippen molar-refractivity contribution in [3.63, 3.8) is 0 Å². The Morgan fingerprint density at radius 2 is 1.64 bits per heavy atom. The molecule has 1 atom stereocenters. The number of carbonyl (C=O) groups is 2. The molecule has 1 aliphatic rings. The Kier molecular flexibility index (Phi) is 5.73. The minimum absolute atomic E-state index is 0.0148. The highest BCUT2D eigenvalue weighted by molar-refractivity contribution is 5.99. The maximum absolute atomic E-state index is 12.7. The number of nitrogens with one attached hydrogen (secondary N) is 1. The lowest BCUT2D eigenvalue weighted by Gasteiger charge is -2.18. The molecule has 0 aliphatic carbocycles. The number of methoxy groups -OCH3 is 3. The number of ether oxygens (including phenoxy) is 3. The number of nitrogens with zero attached hydrogens (tertiary/aromatic N) is 1. The predicted molar refractivity (Wildman–Crippen MR) is 106 cm³/mol. The fraction of sp³-hybridized carbons (Fsp3) is 0.333.